The molecule has 5 saturated carbocycles. The average molecular weight is 445 g/mol. The summed E-state index contributed by atoms with van der Waals surface area (Å²) in [6, 6.07) is 0. The van der Waals surface area contributed by atoms with E-state index in [-0.39, 0.29) is 16.7 Å². The van der Waals surface area contributed by atoms with E-state index in [1.54, 1.807) is 0 Å². The molecule has 2 N–H and O–H groups in total. The Kier molecular flexibility index (Phi) is 4.85. The molecule has 5 aliphatic rings. The van der Waals surface area contributed by atoms with Gasteiger partial charge in [-0.25, -0.2) is 0 Å². The van der Waals surface area contributed by atoms with Crippen molar-refractivity contribution >= 4 is 0 Å². The van der Waals surface area contributed by atoms with E-state index >= 15 is 0 Å². The third-order valence-corrected chi connectivity index (χ3v) is 14.0. The smallest absolute Gasteiger partial charge is 0.0992 e. The molecule has 0 spiro atoms. The Hall–Kier alpha value is -0.0800. The van der Waals surface area contributed by atoms with Crippen molar-refractivity contribution < 1.29 is 10.2 Å². The van der Waals surface area contributed by atoms with Gasteiger partial charge in [0.05, 0.1) is 11.2 Å². The van der Waals surface area contributed by atoms with Crippen LogP contribution in [0, 0.1) is 50.7 Å². The minimum atomic E-state index is -0.935. The lowest BCUT2D eigenvalue weighted by Gasteiger charge is -2.74. The van der Waals surface area contributed by atoms with Crippen molar-refractivity contribution in [2.75, 3.05) is 0 Å². The molecule has 184 valence electrons. The highest BCUT2D eigenvalue weighted by Crippen LogP contribution is 2.78. The van der Waals surface area contributed by atoms with Gasteiger partial charge in [0.15, 0.2) is 0 Å². The normalized spacial score (nSPS) is 59.2. The fourth-order valence-corrected chi connectivity index (χ4v) is 12.0. The lowest BCUT2D eigenvalue weighted by Crippen LogP contribution is -2.71. The van der Waals surface area contributed by atoms with Gasteiger partial charge in [0.2, 0.25) is 0 Å². The van der Waals surface area contributed by atoms with Gasteiger partial charge in [-0.05, 0) is 110 Å². The Morgan fingerprint density at radius 1 is 0.594 bits per heavy atom. The van der Waals surface area contributed by atoms with Crippen LogP contribution in [0.2, 0.25) is 0 Å². The molecule has 0 unspecified atom stereocenters. The van der Waals surface area contributed by atoms with Gasteiger partial charge >= 0.3 is 0 Å². The molecule has 0 heterocycles. The standard InChI is InChI=1S/C30H52O2/c1-20(2)29(31)18-16-28(8)23-11-10-22-25(5)14-9-13-24(3,4)21(25)12-15-26(22,6)27(23,7)17-19-30(28,29)32/h20-23,31-32H,9-19H2,1-8H3/t21-,22+,23-,25-,26+,27+,28+,29-,30-/m0/s1. The largest absolute Gasteiger partial charge is 0.387 e. The molecule has 5 aliphatic carbocycles. The molecule has 2 heteroatoms. The topological polar surface area (TPSA) is 40.5 Å². The molecule has 5 rings (SSSR count). The SMILES string of the molecule is CC(C)[C@@]1(O)CC[C@]2(C)[C@H]3CC[C@@H]4[C@@]5(C)CCCC(C)(C)[C@@H]5CC[C@@]4(C)[C@]3(C)CC[C@@]12O. The molecule has 0 bridgehead atoms. The molecule has 0 radical (unpaired) electrons. The lowest BCUT2D eigenvalue weighted by atomic mass is 9.31. The molecule has 5 fully saturated rings. The highest BCUT2D eigenvalue weighted by atomic mass is 16.4. The fraction of sp³-hybridized carbons (Fsp3) is 1.00. The maximum atomic E-state index is 12.2. The van der Waals surface area contributed by atoms with Crippen LogP contribution in [0.1, 0.15) is 126 Å². The quantitative estimate of drug-likeness (QED) is 0.443. The van der Waals surface area contributed by atoms with E-state index in [2.05, 4.69) is 55.4 Å². The number of hydrogen-bond donors (Lipinski definition) is 2. The van der Waals surface area contributed by atoms with Gasteiger partial charge in [-0.1, -0.05) is 61.8 Å². The molecule has 0 aromatic rings. The second-order valence-corrected chi connectivity index (χ2v) is 15.3. The summed E-state index contributed by atoms with van der Waals surface area (Å²) in [7, 11) is 0. The number of hydrogen-bond acceptors (Lipinski definition) is 2. The van der Waals surface area contributed by atoms with Gasteiger partial charge in [-0.15, -0.1) is 0 Å². The van der Waals surface area contributed by atoms with Crippen molar-refractivity contribution in [2.24, 2.45) is 50.7 Å². The van der Waals surface area contributed by atoms with E-state index < -0.39 is 11.2 Å². The molecule has 0 amide bonds. The number of rotatable bonds is 1. The van der Waals surface area contributed by atoms with Crippen LogP contribution < -0.4 is 0 Å². The zero-order valence-corrected chi connectivity index (χ0v) is 22.5. The average Bonchev–Trinajstić information content (AvgIpc) is 2.91. The predicted octanol–water partition coefficient (Wildman–Crippen LogP) is 7.36. The summed E-state index contributed by atoms with van der Waals surface area (Å²) in [5, 5.41) is 24.0. The maximum Gasteiger partial charge on any atom is 0.0992 e. The van der Waals surface area contributed by atoms with Crippen LogP contribution in [0.15, 0.2) is 0 Å². The molecule has 9 atom stereocenters. The third-order valence-electron chi connectivity index (χ3n) is 14.0. The molecule has 0 aromatic carbocycles. The summed E-state index contributed by atoms with van der Waals surface area (Å²) < 4.78 is 0. The predicted molar refractivity (Wildman–Crippen MR) is 132 cm³/mol. The molecular weight excluding hydrogens is 392 g/mol. The van der Waals surface area contributed by atoms with Gasteiger partial charge in [-0.2, -0.15) is 0 Å². The Bertz CT molecular complexity index is 788. The van der Waals surface area contributed by atoms with Crippen LogP contribution in [0.5, 0.6) is 0 Å². The van der Waals surface area contributed by atoms with E-state index in [0.29, 0.717) is 22.2 Å². The van der Waals surface area contributed by atoms with E-state index in [4.69, 9.17) is 0 Å². The maximum absolute atomic E-state index is 12.2. The van der Waals surface area contributed by atoms with Gasteiger partial charge in [0.1, 0.15) is 0 Å². The molecule has 0 saturated heterocycles. The molecule has 2 nitrogen and oxygen atoms in total. The Labute approximate surface area is 198 Å². The zero-order chi connectivity index (χ0) is 23.6. The van der Waals surface area contributed by atoms with Crippen molar-refractivity contribution in [1.29, 1.82) is 0 Å². The summed E-state index contributed by atoms with van der Waals surface area (Å²) in [5.41, 5.74) is -0.494. The summed E-state index contributed by atoms with van der Waals surface area (Å²) >= 11 is 0. The molecular formula is C30H52O2. The third kappa shape index (κ3) is 2.41. The summed E-state index contributed by atoms with van der Waals surface area (Å²) in [6.07, 6.45) is 13.1. The minimum absolute atomic E-state index is 0.101. The van der Waals surface area contributed by atoms with Gasteiger partial charge < -0.3 is 10.2 Å². The van der Waals surface area contributed by atoms with Crippen LogP contribution in [-0.4, -0.2) is 21.4 Å². The van der Waals surface area contributed by atoms with Crippen molar-refractivity contribution in [2.45, 2.75) is 137 Å². The van der Waals surface area contributed by atoms with Crippen molar-refractivity contribution in [3.8, 4) is 0 Å². The first kappa shape index (κ1) is 23.7. The van der Waals surface area contributed by atoms with E-state index in [9.17, 15) is 10.2 Å². The van der Waals surface area contributed by atoms with Crippen molar-refractivity contribution in [3.05, 3.63) is 0 Å². The monoisotopic (exact) mass is 444 g/mol. The van der Waals surface area contributed by atoms with Gasteiger partial charge in [0, 0.05) is 5.41 Å². The van der Waals surface area contributed by atoms with Crippen LogP contribution in [0.25, 0.3) is 0 Å². The van der Waals surface area contributed by atoms with Gasteiger partial charge in [-0.3, -0.25) is 0 Å². The minimum Gasteiger partial charge on any atom is -0.387 e. The van der Waals surface area contributed by atoms with Crippen LogP contribution >= 0.6 is 0 Å². The first-order valence-electron chi connectivity index (χ1n) is 14.1. The molecule has 0 aliphatic heterocycles. The highest BCUT2D eigenvalue weighted by Gasteiger charge is 2.76. The summed E-state index contributed by atoms with van der Waals surface area (Å²) in [6.45, 7) is 19.7. The number of fused-ring (bicyclic) bond motifs is 7. The van der Waals surface area contributed by atoms with Gasteiger partial charge in [0.25, 0.3) is 0 Å². The second-order valence-electron chi connectivity index (χ2n) is 15.3. The van der Waals surface area contributed by atoms with E-state index in [0.717, 1.165) is 37.5 Å². The fourth-order valence-electron chi connectivity index (χ4n) is 12.0. The highest BCUT2D eigenvalue weighted by molar-refractivity contribution is 5.26. The Morgan fingerprint density at radius 3 is 1.84 bits per heavy atom. The molecule has 0 aromatic heterocycles. The summed E-state index contributed by atoms with van der Waals surface area (Å²) in [4.78, 5) is 0. The van der Waals surface area contributed by atoms with Crippen LogP contribution in [-0.2, 0) is 0 Å². The van der Waals surface area contributed by atoms with E-state index in [1.807, 2.05) is 0 Å². The Morgan fingerprint density at radius 2 is 1.19 bits per heavy atom. The first-order valence-corrected chi connectivity index (χ1v) is 14.1. The van der Waals surface area contributed by atoms with E-state index in [1.165, 1.54) is 44.9 Å². The second kappa shape index (κ2) is 6.57. The number of aliphatic hydroxyl groups is 2. The summed E-state index contributed by atoms with van der Waals surface area (Å²) in [5.74, 6) is 2.27. The molecule has 32 heavy (non-hydrogen) atoms. The van der Waals surface area contributed by atoms with Crippen molar-refractivity contribution in [3.63, 3.8) is 0 Å². The van der Waals surface area contributed by atoms with Crippen molar-refractivity contribution in [1.82, 2.24) is 0 Å². The lowest BCUT2D eigenvalue weighted by molar-refractivity contribution is -0.291. The Balaban J connectivity index is 1.56. The van der Waals surface area contributed by atoms with Crippen LogP contribution in [0.4, 0.5) is 0 Å². The zero-order valence-electron chi connectivity index (χ0n) is 22.5. The first-order chi connectivity index (χ1) is 14.6. The van der Waals surface area contributed by atoms with Crippen LogP contribution in [0.3, 0.4) is 0 Å².